The predicted octanol–water partition coefficient (Wildman–Crippen LogP) is 0.0786. The highest BCUT2D eigenvalue weighted by molar-refractivity contribution is 7.13. The van der Waals surface area contributed by atoms with Crippen LogP contribution in [0.1, 0.15) is 5.69 Å². The van der Waals surface area contributed by atoms with Crippen molar-refractivity contribution in [3.8, 4) is 0 Å². The molecule has 1 aliphatic rings. The van der Waals surface area contributed by atoms with Crippen LogP contribution in [0.25, 0.3) is 0 Å². The van der Waals surface area contributed by atoms with Crippen LogP contribution in [0.3, 0.4) is 0 Å². The number of nitrogens with two attached hydrogens (primary N) is 1. The Morgan fingerprint density at radius 3 is 2.81 bits per heavy atom. The number of hydrogen-bond donors (Lipinski definition) is 3. The van der Waals surface area contributed by atoms with Gasteiger partial charge in [0.05, 0.1) is 18.7 Å². The number of aromatic nitrogens is 1. The van der Waals surface area contributed by atoms with Crippen molar-refractivity contribution < 1.29 is 19.4 Å². The molecule has 0 spiro atoms. The number of carbonyl (C=O) groups excluding carboxylic acids is 1. The number of hydrogen-bond acceptors (Lipinski definition) is 6. The molecule has 8 heteroatoms. The summed E-state index contributed by atoms with van der Waals surface area (Å²) < 4.78 is 4.40. The van der Waals surface area contributed by atoms with E-state index in [1.54, 1.807) is 5.38 Å². The lowest BCUT2D eigenvalue weighted by atomic mass is 10.3. The van der Waals surface area contributed by atoms with E-state index in [4.69, 9.17) is 10.8 Å². The van der Waals surface area contributed by atoms with Crippen molar-refractivity contribution >= 4 is 28.5 Å². The quantitative estimate of drug-likeness (QED) is 0.679. The van der Waals surface area contributed by atoms with Crippen LogP contribution in [0.15, 0.2) is 5.38 Å². The van der Waals surface area contributed by atoms with E-state index in [1.807, 2.05) is 0 Å². The number of ether oxygens (including phenoxy) is 1. The fourth-order valence-electron chi connectivity index (χ4n) is 0.907. The number of cyclic esters (lactones) is 1. The molecule has 4 N–H and O–H groups in total. The van der Waals surface area contributed by atoms with Crippen molar-refractivity contribution in [3.05, 3.63) is 11.1 Å². The number of carboxylic acid groups (broad SMARTS) is 1. The molecule has 1 saturated heterocycles. The first kappa shape index (κ1) is 12.2. The largest absolute Gasteiger partial charge is 0.481 e. The van der Waals surface area contributed by atoms with Crippen LogP contribution in [-0.2, 0) is 16.0 Å². The van der Waals surface area contributed by atoms with Crippen LogP contribution in [0.4, 0.5) is 9.93 Å². The Bertz CT molecular complexity index is 371. The Morgan fingerprint density at radius 1 is 1.75 bits per heavy atom. The Balaban J connectivity index is 0.000000181. The fraction of sp³-hybridized carbons (Fsp3) is 0.375. The van der Waals surface area contributed by atoms with E-state index >= 15 is 0 Å². The summed E-state index contributed by atoms with van der Waals surface area (Å²) in [7, 11) is 0. The number of carbonyl (C=O) groups is 2. The second-order valence-electron chi connectivity index (χ2n) is 2.81. The summed E-state index contributed by atoms with van der Waals surface area (Å²) >= 11 is 1.25. The first-order valence-electron chi connectivity index (χ1n) is 4.40. The number of amides is 1. The molecule has 1 amide bonds. The number of thiazole rings is 1. The standard InChI is InChI=1S/C5H6N2O2S.C3H5NO2/c6-5-7-3(2-10-5)1-4(8)9;5-3-4-1-2-6-3/h2H,1H2,(H2,6,7)(H,8,9);1-2H2,(H,4,5). The highest BCUT2D eigenvalue weighted by atomic mass is 32.1. The molecule has 1 aromatic heterocycles. The average Bonchev–Trinajstić information content (AvgIpc) is 2.78. The maximum Gasteiger partial charge on any atom is 0.407 e. The number of nitrogens with zero attached hydrogens (tertiary/aromatic N) is 1. The van der Waals surface area contributed by atoms with Crippen LogP contribution in [-0.4, -0.2) is 35.3 Å². The number of nitrogen functional groups attached to an aromatic ring is 1. The molecule has 1 aliphatic heterocycles. The van der Waals surface area contributed by atoms with Crippen molar-refractivity contribution in [3.63, 3.8) is 0 Å². The molecule has 0 aromatic carbocycles. The number of aliphatic carboxylic acids is 1. The van der Waals surface area contributed by atoms with Crippen LogP contribution in [0, 0.1) is 0 Å². The van der Waals surface area contributed by atoms with Crippen LogP contribution in [0.5, 0.6) is 0 Å². The van der Waals surface area contributed by atoms with E-state index in [0.29, 0.717) is 24.0 Å². The maximum atomic E-state index is 10.1. The first-order chi connectivity index (χ1) is 7.58. The third-order valence-electron chi connectivity index (χ3n) is 1.51. The topological polar surface area (TPSA) is 115 Å². The van der Waals surface area contributed by atoms with Gasteiger partial charge in [-0.25, -0.2) is 9.78 Å². The highest BCUT2D eigenvalue weighted by Gasteiger charge is 2.06. The third kappa shape index (κ3) is 4.60. The first-order valence-corrected chi connectivity index (χ1v) is 5.28. The molecule has 0 atom stereocenters. The lowest BCUT2D eigenvalue weighted by molar-refractivity contribution is -0.136. The van der Waals surface area contributed by atoms with E-state index in [2.05, 4.69) is 15.0 Å². The fourth-order valence-corrected chi connectivity index (χ4v) is 1.47. The second kappa shape index (κ2) is 5.91. The van der Waals surface area contributed by atoms with Crippen LogP contribution >= 0.6 is 11.3 Å². The molecule has 1 fully saturated rings. The molecule has 16 heavy (non-hydrogen) atoms. The van der Waals surface area contributed by atoms with Crippen LogP contribution < -0.4 is 11.1 Å². The van der Waals surface area contributed by atoms with Gasteiger partial charge in [0.15, 0.2) is 5.13 Å². The number of alkyl carbamates (subject to hydrolysis) is 1. The lowest BCUT2D eigenvalue weighted by Gasteiger charge is -1.85. The zero-order valence-electron chi connectivity index (χ0n) is 8.30. The Labute approximate surface area is 95.2 Å². The van der Waals surface area contributed by atoms with Gasteiger partial charge in [-0.15, -0.1) is 11.3 Å². The number of nitrogens with one attached hydrogen (secondary N) is 1. The molecule has 0 unspecified atom stereocenters. The van der Waals surface area contributed by atoms with Crippen molar-refractivity contribution in [2.45, 2.75) is 6.42 Å². The molecule has 7 nitrogen and oxygen atoms in total. The average molecular weight is 245 g/mol. The molecule has 2 heterocycles. The summed E-state index contributed by atoms with van der Waals surface area (Å²) in [6, 6.07) is 0. The number of anilines is 1. The van der Waals surface area contributed by atoms with Crippen molar-refractivity contribution in [2.75, 3.05) is 18.9 Å². The molecule has 0 bridgehead atoms. The minimum Gasteiger partial charge on any atom is -0.481 e. The van der Waals surface area contributed by atoms with Gasteiger partial charge in [-0.3, -0.25) is 4.79 Å². The van der Waals surface area contributed by atoms with E-state index in [-0.39, 0.29) is 12.5 Å². The SMILES string of the molecule is Nc1nc(CC(=O)O)cs1.O=C1NCCO1. The predicted molar refractivity (Wildman–Crippen MR) is 57.2 cm³/mol. The van der Waals surface area contributed by atoms with Gasteiger partial charge in [-0.1, -0.05) is 0 Å². The normalized spacial score (nSPS) is 13.4. The monoisotopic (exact) mass is 245 g/mol. The molecule has 2 rings (SSSR count). The summed E-state index contributed by atoms with van der Waals surface area (Å²) in [5, 5.41) is 12.8. The third-order valence-corrected chi connectivity index (χ3v) is 2.23. The summed E-state index contributed by atoms with van der Waals surface area (Å²) in [6.07, 6.45) is -0.344. The van der Waals surface area contributed by atoms with Gasteiger partial charge in [0.2, 0.25) is 0 Å². The molecule has 1 aromatic rings. The van der Waals surface area contributed by atoms with Crippen molar-refractivity contribution in [1.82, 2.24) is 10.3 Å². The summed E-state index contributed by atoms with van der Waals surface area (Å²) in [6.45, 7) is 1.19. The highest BCUT2D eigenvalue weighted by Crippen LogP contribution is 2.10. The molecule has 0 radical (unpaired) electrons. The smallest absolute Gasteiger partial charge is 0.407 e. The van der Waals surface area contributed by atoms with Crippen molar-refractivity contribution in [1.29, 1.82) is 0 Å². The molecule has 0 aliphatic carbocycles. The van der Waals surface area contributed by atoms with Gasteiger partial charge >= 0.3 is 12.1 Å². The maximum absolute atomic E-state index is 10.1. The summed E-state index contributed by atoms with van der Waals surface area (Å²) in [4.78, 5) is 23.8. The Hall–Kier alpha value is -1.83. The Kier molecular flexibility index (Phi) is 4.52. The van der Waals surface area contributed by atoms with E-state index in [1.165, 1.54) is 11.3 Å². The molecular weight excluding hydrogens is 234 g/mol. The minimum atomic E-state index is -0.884. The van der Waals surface area contributed by atoms with Gasteiger partial charge < -0.3 is 20.9 Å². The van der Waals surface area contributed by atoms with Gasteiger partial charge in [0.25, 0.3) is 0 Å². The molecule has 88 valence electrons. The number of rotatable bonds is 2. The van der Waals surface area contributed by atoms with E-state index in [9.17, 15) is 9.59 Å². The molecule has 0 saturated carbocycles. The van der Waals surface area contributed by atoms with Gasteiger partial charge in [0.1, 0.15) is 6.61 Å². The van der Waals surface area contributed by atoms with Gasteiger partial charge in [-0.05, 0) is 0 Å². The molecular formula is C8H11N3O4S. The second-order valence-corrected chi connectivity index (χ2v) is 3.70. The van der Waals surface area contributed by atoms with Gasteiger partial charge in [-0.2, -0.15) is 0 Å². The summed E-state index contributed by atoms with van der Waals surface area (Å²) in [5.41, 5.74) is 5.79. The number of carboxylic acids is 1. The Morgan fingerprint density at radius 2 is 2.50 bits per heavy atom. The van der Waals surface area contributed by atoms with Crippen molar-refractivity contribution in [2.24, 2.45) is 0 Å². The zero-order chi connectivity index (χ0) is 12.0. The lowest BCUT2D eigenvalue weighted by Crippen LogP contribution is -2.11. The van der Waals surface area contributed by atoms with Gasteiger partial charge in [0, 0.05) is 5.38 Å². The minimum absolute atomic E-state index is 0.0479. The summed E-state index contributed by atoms with van der Waals surface area (Å²) in [5.74, 6) is -0.884. The van der Waals surface area contributed by atoms with E-state index < -0.39 is 5.97 Å². The zero-order valence-corrected chi connectivity index (χ0v) is 9.12. The van der Waals surface area contributed by atoms with E-state index in [0.717, 1.165) is 0 Å². The van der Waals surface area contributed by atoms with Crippen LogP contribution in [0.2, 0.25) is 0 Å².